The van der Waals surface area contributed by atoms with Crippen LogP contribution in [-0.2, 0) is 4.79 Å². The van der Waals surface area contributed by atoms with Crippen LogP contribution in [0.1, 0.15) is 23.6 Å². The fraction of sp³-hybridized carbons (Fsp3) is 0.321. The number of rotatable bonds is 5. The van der Waals surface area contributed by atoms with Gasteiger partial charge in [-0.25, -0.2) is 9.78 Å². The molecule has 2 aromatic carbocycles. The van der Waals surface area contributed by atoms with Crippen molar-refractivity contribution in [2.45, 2.75) is 35.7 Å². The van der Waals surface area contributed by atoms with Gasteiger partial charge < -0.3 is 19.9 Å². The highest BCUT2D eigenvalue weighted by atomic mass is 32.2. The lowest BCUT2D eigenvalue weighted by molar-refractivity contribution is -0.131. The van der Waals surface area contributed by atoms with Crippen LogP contribution in [0.4, 0.5) is 16.2 Å². The van der Waals surface area contributed by atoms with Crippen LogP contribution in [0.5, 0.6) is 11.5 Å². The molecule has 8 nitrogen and oxygen atoms in total. The van der Waals surface area contributed by atoms with Gasteiger partial charge in [-0.2, -0.15) is 0 Å². The van der Waals surface area contributed by atoms with E-state index in [1.54, 1.807) is 11.1 Å². The molecule has 6 rings (SSSR count). The molecule has 0 radical (unpaired) electrons. The molecule has 3 aliphatic rings. The number of likely N-dealkylation sites (tertiary alicyclic amines) is 1. The number of aromatic nitrogens is 1. The van der Waals surface area contributed by atoms with E-state index in [-0.39, 0.29) is 18.0 Å². The minimum absolute atomic E-state index is 0.0339. The summed E-state index contributed by atoms with van der Waals surface area (Å²) < 4.78 is 5.98. The number of ether oxygens (including phenoxy) is 1. The molecule has 1 saturated heterocycles. The molecule has 2 unspecified atom stereocenters. The molecule has 3 atom stereocenters. The fourth-order valence-corrected chi connectivity index (χ4v) is 6.76. The van der Waals surface area contributed by atoms with E-state index < -0.39 is 11.3 Å². The Bertz CT molecular complexity index is 1370. The summed E-state index contributed by atoms with van der Waals surface area (Å²) in [7, 11) is 3.95. The lowest BCUT2D eigenvalue weighted by atomic mass is 9.99. The molecule has 0 bridgehead atoms. The number of likely N-dealkylation sites (N-methyl/N-ethyl adjacent to an activating group) is 2. The highest BCUT2D eigenvalue weighted by Gasteiger charge is 2.48. The molecule has 1 fully saturated rings. The van der Waals surface area contributed by atoms with E-state index in [0.29, 0.717) is 5.75 Å². The van der Waals surface area contributed by atoms with Gasteiger partial charge in [0.1, 0.15) is 21.8 Å². The maximum atomic E-state index is 13.6. The topological polar surface area (TPSA) is 78.0 Å². The van der Waals surface area contributed by atoms with Crippen LogP contribution in [0, 0.1) is 6.92 Å². The van der Waals surface area contributed by atoms with E-state index in [9.17, 15) is 9.59 Å². The number of anilines is 2. The van der Waals surface area contributed by atoms with Crippen molar-refractivity contribution < 1.29 is 14.3 Å². The molecule has 4 heterocycles. The second-order valence-electron chi connectivity index (χ2n) is 9.87. The molecule has 0 saturated carbocycles. The van der Waals surface area contributed by atoms with Gasteiger partial charge in [-0.15, -0.1) is 0 Å². The number of para-hydroxylation sites is 1. The summed E-state index contributed by atoms with van der Waals surface area (Å²) in [6.45, 7) is 3.81. The molecule has 1 aromatic heterocycles. The lowest BCUT2D eigenvalue weighted by Gasteiger charge is -2.36. The fourth-order valence-electron chi connectivity index (χ4n) is 5.43. The van der Waals surface area contributed by atoms with Crippen molar-refractivity contribution >= 4 is 35.1 Å². The first-order chi connectivity index (χ1) is 17.9. The maximum absolute atomic E-state index is 13.6. The Morgan fingerprint density at radius 1 is 1.14 bits per heavy atom. The Balaban J connectivity index is 1.29. The number of urea groups is 1. The van der Waals surface area contributed by atoms with E-state index in [2.05, 4.69) is 22.2 Å². The van der Waals surface area contributed by atoms with Gasteiger partial charge in [0.15, 0.2) is 0 Å². The summed E-state index contributed by atoms with van der Waals surface area (Å²) in [6, 6.07) is 16.7. The van der Waals surface area contributed by atoms with E-state index in [1.807, 2.05) is 73.5 Å². The second-order valence-corrected chi connectivity index (χ2v) is 11.0. The van der Waals surface area contributed by atoms with Crippen LogP contribution >= 0.6 is 11.8 Å². The number of hydrogen-bond donors (Lipinski definition) is 1. The van der Waals surface area contributed by atoms with Crippen molar-refractivity contribution in [3.63, 3.8) is 0 Å². The average Bonchev–Trinajstić information content (AvgIpc) is 3.49. The summed E-state index contributed by atoms with van der Waals surface area (Å²) in [4.78, 5) is 37.5. The van der Waals surface area contributed by atoms with E-state index in [1.165, 1.54) is 11.8 Å². The molecular formula is C28H29N5O3S. The van der Waals surface area contributed by atoms with Crippen LogP contribution in [0.15, 0.2) is 65.8 Å². The number of amides is 3. The molecule has 0 aliphatic carbocycles. The van der Waals surface area contributed by atoms with Crippen molar-refractivity contribution in [1.29, 1.82) is 0 Å². The first kappa shape index (κ1) is 23.8. The number of nitrogens with zero attached hydrogens (tertiary/aromatic N) is 4. The highest BCUT2D eigenvalue weighted by molar-refractivity contribution is 8.01. The van der Waals surface area contributed by atoms with Crippen molar-refractivity contribution in [3.05, 3.63) is 71.9 Å². The first-order valence-corrected chi connectivity index (χ1v) is 13.3. The molecule has 190 valence electrons. The van der Waals surface area contributed by atoms with Gasteiger partial charge in [0.25, 0.3) is 0 Å². The van der Waals surface area contributed by atoms with Crippen LogP contribution in [0.25, 0.3) is 0 Å². The summed E-state index contributed by atoms with van der Waals surface area (Å²) >= 11 is 1.45. The average molecular weight is 516 g/mol. The highest BCUT2D eigenvalue weighted by Crippen LogP contribution is 2.51. The third-order valence-electron chi connectivity index (χ3n) is 7.40. The molecule has 9 heteroatoms. The standard InChI is InChI=1S/C28H29N5O3S/c1-17-15-20(36-19-7-5-4-6-8-19)9-10-21(17)33-22-11-13-29-26-23(22)24(30-28(33)35)25(37-26)27(34)32(3)18-12-14-31(2)16-18/h4-11,13,15,18,24-25H,12,14,16H2,1-3H3,(H,30,35)/t18?,24?,25-/m1/s1. The Hall–Kier alpha value is -3.56. The zero-order valence-corrected chi connectivity index (χ0v) is 21.9. The van der Waals surface area contributed by atoms with E-state index in [0.717, 1.165) is 52.8 Å². The zero-order chi connectivity index (χ0) is 25.7. The number of pyridine rings is 1. The monoisotopic (exact) mass is 515 g/mol. The van der Waals surface area contributed by atoms with Crippen molar-refractivity contribution in [2.24, 2.45) is 0 Å². The predicted molar refractivity (Wildman–Crippen MR) is 144 cm³/mol. The lowest BCUT2D eigenvalue weighted by Crippen LogP contribution is -2.50. The SMILES string of the molecule is Cc1cc(Oc2ccccc2)ccc1N1C(=O)NC2c3c1ccnc3S[C@H]2C(=O)N(C)C1CCN(C)C1. The summed E-state index contributed by atoms with van der Waals surface area (Å²) in [6.07, 6.45) is 2.68. The van der Waals surface area contributed by atoms with E-state index in [4.69, 9.17) is 4.74 Å². The third-order valence-corrected chi connectivity index (χ3v) is 8.68. The van der Waals surface area contributed by atoms with Crippen LogP contribution in [0.3, 0.4) is 0 Å². The maximum Gasteiger partial charge on any atom is 0.327 e. The minimum atomic E-state index is -0.437. The van der Waals surface area contributed by atoms with Crippen LogP contribution < -0.4 is 15.0 Å². The van der Waals surface area contributed by atoms with Gasteiger partial charge in [-0.05, 0) is 68.9 Å². The van der Waals surface area contributed by atoms with Gasteiger partial charge in [-0.3, -0.25) is 9.69 Å². The molecule has 3 aromatic rings. The Kier molecular flexibility index (Phi) is 6.04. The Morgan fingerprint density at radius 3 is 2.68 bits per heavy atom. The number of hydrogen-bond acceptors (Lipinski definition) is 6. The smallest absolute Gasteiger partial charge is 0.327 e. The van der Waals surface area contributed by atoms with Gasteiger partial charge in [0, 0.05) is 31.4 Å². The summed E-state index contributed by atoms with van der Waals surface area (Å²) in [5.41, 5.74) is 3.34. The van der Waals surface area contributed by atoms with Gasteiger partial charge >= 0.3 is 6.03 Å². The summed E-state index contributed by atoms with van der Waals surface area (Å²) in [5, 5.41) is 3.49. The van der Waals surface area contributed by atoms with Crippen LogP contribution in [-0.4, -0.2) is 65.2 Å². The van der Waals surface area contributed by atoms with Gasteiger partial charge in [0.2, 0.25) is 5.91 Å². The third kappa shape index (κ3) is 4.22. The second kappa shape index (κ2) is 9.39. The van der Waals surface area contributed by atoms with Crippen molar-refractivity contribution in [3.8, 4) is 11.5 Å². The normalized spacial score (nSPS) is 22.5. The number of carbonyl (C=O) groups is 2. The summed E-state index contributed by atoms with van der Waals surface area (Å²) in [5.74, 6) is 1.48. The van der Waals surface area contributed by atoms with Crippen molar-refractivity contribution in [1.82, 2.24) is 20.1 Å². The molecule has 3 amide bonds. The molecule has 1 N–H and O–H groups in total. The first-order valence-electron chi connectivity index (χ1n) is 12.5. The van der Waals surface area contributed by atoms with E-state index >= 15 is 0 Å². The number of nitrogens with one attached hydrogen (secondary N) is 1. The molecular weight excluding hydrogens is 486 g/mol. The molecule has 0 spiro atoms. The Labute approximate surface area is 220 Å². The minimum Gasteiger partial charge on any atom is -0.457 e. The number of thioether (sulfide) groups is 1. The number of aryl methyl sites for hydroxylation is 1. The largest absolute Gasteiger partial charge is 0.457 e. The van der Waals surface area contributed by atoms with Gasteiger partial charge in [0.05, 0.1) is 17.4 Å². The number of carbonyl (C=O) groups excluding carboxylic acids is 2. The van der Waals surface area contributed by atoms with Crippen LogP contribution in [0.2, 0.25) is 0 Å². The zero-order valence-electron chi connectivity index (χ0n) is 21.0. The molecule has 3 aliphatic heterocycles. The van der Waals surface area contributed by atoms with Gasteiger partial charge in [-0.1, -0.05) is 30.0 Å². The molecule has 37 heavy (non-hydrogen) atoms. The quantitative estimate of drug-likeness (QED) is 0.530. The predicted octanol–water partition coefficient (Wildman–Crippen LogP) is 4.72. The Morgan fingerprint density at radius 2 is 1.95 bits per heavy atom. The van der Waals surface area contributed by atoms with Crippen molar-refractivity contribution in [2.75, 3.05) is 32.1 Å². The number of benzene rings is 2.